The van der Waals surface area contributed by atoms with E-state index in [1.54, 1.807) is 13.8 Å². The van der Waals surface area contributed by atoms with Gasteiger partial charge in [0.1, 0.15) is 12.8 Å². The van der Waals surface area contributed by atoms with Crippen LogP contribution < -0.4 is 0 Å². The maximum atomic E-state index is 17.5. The van der Waals surface area contributed by atoms with Crippen LogP contribution in [0.4, 0.5) is 13.6 Å². The summed E-state index contributed by atoms with van der Waals surface area (Å²) in [5.74, 6) is -4.00. The Hall–Kier alpha value is -2.18. The van der Waals surface area contributed by atoms with Crippen LogP contribution >= 0.6 is 0 Å². The number of hydrogen-bond acceptors (Lipinski definition) is 9. The number of carbonyl (C=O) groups is 3. The Kier molecular flexibility index (Phi) is 8.38. The summed E-state index contributed by atoms with van der Waals surface area (Å²) in [6, 6.07) is 0. The van der Waals surface area contributed by atoms with Crippen molar-refractivity contribution in [3.8, 4) is 0 Å². The second-order valence-electron chi connectivity index (χ2n) is 12.5. The first-order valence-corrected chi connectivity index (χ1v) is 16.0. The van der Waals surface area contributed by atoms with Gasteiger partial charge in [-0.3, -0.25) is 13.8 Å². The smallest absolute Gasteiger partial charge is 0.434 e. The fraction of sp³-hybridized carbons (Fsp3) is 0.759. The van der Waals surface area contributed by atoms with Gasteiger partial charge in [0, 0.05) is 22.7 Å². The average molecular weight is 603 g/mol. The zero-order valence-corrected chi connectivity index (χ0v) is 25.0. The van der Waals surface area contributed by atoms with E-state index in [4.69, 9.17) is 13.7 Å². The molecule has 1 N–H and O–H groups in total. The van der Waals surface area contributed by atoms with Gasteiger partial charge in [-0.25, -0.2) is 13.6 Å². The van der Waals surface area contributed by atoms with Gasteiger partial charge in [0.05, 0.1) is 19.0 Å². The van der Waals surface area contributed by atoms with Gasteiger partial charge >= 0.3 is 6.16 Å². The molecule has 0 aliphatic heterocycles. The summed E-state index contributed by atoms with van der Waals surface area (Å²) in [7, 11) is -4.06. The van der Waals surface area contributed by atoms with Crippen LogP contribution in [-0.4, -0.2) is 74.3 Å². The first-order valence-electron chi connectivity index (χ1n) is 14.2. The number of allylic oxidation sites excluding steroid dienone is 4. The number of rotatable bonds is 9. The minimum absolute atomic E-state index is 0.0339. The van der Waals surface area contributed by atoms with E-state index in [0.717, 1.165) is 25.2 Å². The molecule has 0 amide bonds. The number of halogens is 2. The SMILES string of the molecule is CCCCCOC(=O)O[C@]1(C(=O)COS(C)(=O)=O)[C@H](C)C[C@H]2[C@@H]3C[C@H](F)C4=CC(=O)C=C[C@]4(C)[C@@]3(F)[C@@H](O)C[C@@]21C. The monoisotopic (exact) mass is 602 g/mol. The summed E-state index contributed by atoms with van der Waals surface area (Å²) < 4.78 is 72.6. The van der Waals surface area contributed by atoms with Crippen LogP contribution in [0.25, 0.3) is 0 Å². The molecule has 0 heterocycles. The first-order chi connectivity index (χ1) is 19.0. The number of unbranched alkanes of at least 4 members (excludes halogenated alkanes) is 2. The van der Waals surface area contributed by atoms with E-state index < -0.39 is 86.6 Å². The summed E-state index contributed by atoms with van der Waals surface area (Å²) in [6.45, 7) is 5.74. The second-order valence-corrected chi connectivity index (χ2v) is 14.2. The summed E-state index contributed by atoms with van der Waals surface area (Å²) in [6.07, 6.45) is 1.42. The molecule has 0 radical (unpaired) electrons. The third-order valence-corrected chi connectivity index (χ3v) is 10.7. The van der Waals surface area contributed by atoms with E-state index in [1.807, 2.05) is 6.92 Å². The topological polar surface area (TPSA) is 133 Å². The average Bonchev–Trinajstić information content (AvgIpc) is 3.10. The van der Waals surface area contributed by atoms with Gasteiger partial charge in [-0.05, 0) is 56.3 Å². The van der Waals surface area contributed by atoms with Crippen molar-refractivity contribution in [1.29, 1.82) is 0 Å². The molecule has 4 aliphatic carbocycles. The number of fused-ring (bicyclic) bond motifs is 5. The van der Waals surface area contributed by atoms with Crippen LogP contribution in [0.3, 0.4) is 0 Å². The third-order valence-electron chi connectivity index (χ3n) is 10.2. The minimum atomic E-state index is -4.06. The largest absolute Gasteiger partial charge is 0.509 e. The third kappa shape index (κ3) is 4.87. The van der Waals surface area contributed by atoms with Crippen molar-refractivity contribution < 1.29 is 50.3 Å². The molecule has 3 fully saturated rings. The van der Waals surface area contributed by atoms with E-state index in [2.05, 4.69) is 0 Å². The number of alkyl halides is 2. The molecule has 12 heteroatoms. The highest BCUT2D eigenvalue weighted by molar-refractivity contribution is 7.86. The molecule has 0 aromatic heterocycles. The Balaban J connectivity index is 1.78. The van der Waals surface area contributed by atoms with E-state index in [-0.39, 0.29) is 31.4 Å². The van der Waals surface area contributed by atoms with Crippen molar-refractivity contribution in [3.63, 3.8) is 0 Å². The molecular formula is C29H40F2O9S. The molecule has 41 heavy (non-hydrogen) atoms. The summed E-state index contributed by atoms with van der Waals surface area (Å²) in [4.78, 5) is 39.0. The predicted molar refractivity (Wildman–Crippen MR) is 144 cm³/mol. The highest BCUT2D eigenvalue weighted by atomic mass is 32.2. The molecule has 4 aliphatic rings. The van der Waals surface area contributed by atoms with Crippen molar-refractivity contribution in [2.24, 2.45) is 28.6 Å². The van der Waals surface area contributed by atoms with Crippen molar-refractivity contribution in [1.82, 2.24) is 0 Å². The Bertz CT molecular complexity index is 1260. The molecule has 9 atom stereocenters. The maximum absolute atomic E-state index is 17.5. The van der Waals surface area contributed by atoms with Crippen LogP contribution in [0.15, 0.2) is 23.8 Å². The molecule has 3 saturated carbocycles. The van der Waals surface area contributed by atoms with Gasteiger partial charge in [0.15, 0.2) is 17.1 Å². The van der Waals surface area contributed by atoms with Crippen LogP contribution in [0.2, 0.25) is 0 Å². The standard InChI is InChI=1S/C29H40F2O9S/c1-6-7-8-11-38-25(35)40-29(24(34)16-39-41(5,36)37)17(2)12-19-20-14-22(30)21-13-18(32)9-10-26(21,3)28(20,31)23(33)15-27(19,29)4/h9-10,13,17,19-20,22-23,33H,6-8,11-12,14-16H2,1-5H3/t17-,19+,20+,22+,23+,26+,27+,28+,29+/m1/s1. The van der Waals surface area contributed by atoms with Gasteiger partial charge < -0.3 is 14.6 Å². The van der Waals surface area contributed by atoms with E-state index in [1.165, 1.54) is 19.1 Å². The summed E-state index contributed by atoms with van der Waals surface area (Å²) in [5.41, 5.74) is -7.54. The van der Waals surface area contributed by atoms with Crippen LogP contribution in [0.5, 0.6) is 0 Å². The van der Waals surface area contributed by atoms with Gasteiger partial charge in [-0.1, -0.05) is 39.7 Å². The summed E-state index contributed by atoms with van der Waals surface area (Å²) in [5, 5.41) is 11.6. The van der Waals surface area contributed by atoms with Gasteiger partial charge in [0.25, 0.3) is 10.1 Å². The quantitative estimate of drug-likeness (QED) is 0.234. The minimum Gasteiger partial charge on any atom is -0.434 e. The first kappa shape index (κ1) is 31.7. The molecule has 9 nitrogen and oxygen atoms in total. The number of aliphatic hydroxyl groups is 1. The Morgan fingerprint density at radius 3 is 2.49 bits per heavy atom. The molecule has 0 aromatic rings. The number of aliphatic hydroxyl groups excluding tert-OH is 1. The Labute approximate surface area is 239 Å². The van der Waals surface area contributed by atoms with Crippen LogP contribution in [0.1, 0.15) is 66.2 Å². The molecular weight excluding hydrogens is 562 g/mol. The fourth-order valence-corrected chi connectivity index (χ4v) is 8.65. The number of carbonyl (C=O) groups excluding carboxylic acids is 3. The van der Waals surface area contributed by atoms with Crippen LogP contribution in [-0.2, 0) is 33.4 Å². The lowest BCUT2D eigenvalue weighted by Crippen LogP contribution is -2.71. The number of ketones is 2. The highest BCUT2D eigenvalue weighted by Gasteiger charge is 2.78. The maximum Gasteiger partial charge on any atom is 0.509 e. The fourth-order valence-electron chi connectivity index (χ4n) is 8.33. The van der Waals surface area contributed by atoms with Crippen molar-refractivity contribution in [2.45, 2.75) is 89.8 Å². The molecule has 230 valence electrons. The van der Waals surface area contributed by atoms with Crippen molar-refractivity contribution in [2.75, 3.05) is 19.5 Å². The molecule has 4 rings (SSSR count). The Morgan fingerprint density at radius 1 is 1.17 bits per heavy atom. The molecule has 0 bridgehead atoms. The predicted octanol–water partition coefficient (Wildman–Crippen LogP) is 4.18. The van der Waals surface area contributed by atoms with E-state index >= 15 is 8.78 Å². The van der Waals surface area contributed by atoms with Gasteiger partial charge in [-0.2, -0.15) is 8.42 Å². The molecule has 0 saturated heterocycles. The van der Waals surface area contributed by atoms with E-state index in [0.29, 0.717) is 6.42 Å². The lowest BCUT2D eigenvalue weighted by molar-refractivity contribution is -0.225. The zero-order valence-electron chi connectivity index (χ0n) is 24.2. The van der Waals surface area contributed by atoms with Crippen LogP contribution in [0, 0.1) is 28.6 Å². The zero-order chi connectivity index (χ0) is 30.6. The normalized spacial score (nSPS) is 41.6. The lowest BCUT2D eigenvalue weighted by atomic mass is 9.44. The molecule has 0 spiro atoms. The number of hydrogen-bond donors (Lipinski definition) is 1. The number of Topliss-reactive ketones (excluding diaryl/α,β-unsaturated/α-hetero) is 1. The highest BCUT2D eigenvalue weighted by Crippen LogP contribution is 2.71. The molecule has 0 unspecified atom stereocenters. The summed E-state index contributed by atoms with van der Waals surface area (Å²) >= 11 is 0. The Morgan fingerprint density at radius 2 is 1.85 bits per heavy atom. The molecule has 0 aromatic carbocycles. The lowest BCUT2D eigenvalue weighted by Gasteiger charge is -2.63. The second kappa shape index (κ2) is 10.8. The van der Waals surface area contributed by atoms with Gasteiger partial charge in [-0.15, -0.1) is 0 Å². The van der Waals surface area contributed by atoms with E-state index in [9.17, 15) is 27.9 Å². The van der Waals surface area contributed by atoms with Gasteiger partial charge in [0.2, 0.25) is 5.78 Å². The van der Waals surface area contributed by atoms with Crippen molar-refractivity contribution in [3.05, 3.63) is 23.8 Å². The van der Waals surface area contributed by atoms with Crippen molar-refractivity contribution >= 4 is 27.8 Å². The number of ether oxygens (including phenoxy) is 2.